The van der Waals surface area contributed by atoms with Gasteiger partial charge in [-0.05, 0) is 71.0 Å². The van der Waals surface area contributed by atoms with Crippen LogP contribution in [-0.4, -0.2) is 14.1 Å². The summed E-state index contributed by atoms with van der Waals surface area (Å²) in [7, 11) is 3.75. The van der Waals surface area contributed by atoms with Crippen molar-refractivity contribution in [2.24, 2.45) is 11.8 Å². The molecular weight excluding hydrogens is 783 g/mol. The summed E-state index contributed by atoms with van der Waals surface area (Å²) in [6.07, 6.45) is 54.4. The highest BCUT2D eigenvalue weighted by Crippen LogP contribution is 2.20. The third-order valence-electron chi connectivity index (χ3n) is 11.5. The zero-order valence-corrected chi connectivity index (χ0v) is 50.1. The highest BCUT2D eigenvalue weighted by Gasteiger charge is 2.04. The molecule has 0 radical (unpaired) electrons. The van der Waals surface area contributed by atoms with Crippen LogP contribution in [-0.2, 0) is 0 Å². The largest absolute Gasteiger partial charge is 0.323 e. The number of hydrogen-bond acceptors (Lipinski definition) is 1. The molecule has 1 unspecified atom stereocenters. The van der Waals surface area contributed by atoms with Gasteiger partial charge >= 0.3 is 0 Å². The number of allylic oxidation sites excluding steroid dienone is 2. The SMILES string of the molecule is C=C(C)CCCCCC.C=C=C(C)CCCCCC.CCC.CCCC.CCCC.CCCCCCCCC(C)CCCCCCCC.CCCCCCCCC(CC)CCC.CNC. The normalized spacial score (nSPS) is 10.1. The molecule has 0 aliphatic carbocycles. The van der Waals surface area contributed by atoms with Gasteiger partial charge in [-0.3, -0.25) is 0 Å². The van der Waals surface area contributed by atoms with E-state index in [-0.39, 0.29) is 0 Å². The third-order valence-corrected chi connectivity index (χ3v) is 11.5. The van der Waals surface area contributed by atoms with Crippen molar-refractivity contribution in [3.8, 4) is 0 Å². The minimum Gasteiger partial charge on any atom is -0.323 e. The van der Waals surface area contributed by atoms with Gasteiger partial charge < -0.3 is 5.32 Å². The lowest BCUT2D eigenvalue weighted by Crippen LogP contribution is -1.97. The van der Waals surface area contributed by atoms with E-state index in [9.17, 15) is 0 Å². The number of nitrogens with one attached hydrogen (secondary N) is 1. The Balaban J connectivity index is -0.000000103. The Bertz CT molecular complexity index is 719. The van der Waals surface area contributed by atoms with Gasteiger partial charge in [0.1, 0.15) is 0 Å². The Labute approximate surface area is 420 Å². The highest BCUT2D eigenvalue weighted by molar-refractivity contribution is 4.93. The summed E-state index contributed by atoms with van der Waals surface area (Å²) in [5.74, 6) is 1.99. The Morgan fingerprint density at radius 3 is 0.923 bits per heavy atom. The first-order valence-corrected chi connectivity index (χ1v) is 30.0. The lowest BCUT2D eigenvalue weighted by atomic mass is 9.94. The van der Waals surface area contributed by atoms with Crippen molar-refractivity contribution in [3.05, 3.63) is 30.0 Å². The van der Waals surface area contributed by atoms with Crippen molar-refractivity contribution in [1.29, 1.82) is 0 Å². The van der Waals surface area contributed by atoms with Crippen molar-refractivity contribution in [2.45, 2.75) is 361 Å². The fourth-order valence-corrected chi connectivity index (χ4v) is 6.62. The smallest absolute Gasteiger partial charge is 0.0167 e. The molecule has 0 aliphatic rings. The minimum atomic E-state index is 0.974. The monoisotopic (exact) mass is 922 g/mol. The maximum Gasteiger partial charge on any atom is -0.0167 e. The van der Waals surface area contributed by atoms with Gasteiger partial charge in [-0.2, -0.15) is 0 Å². The van der Waals surface area contributed by atoms with Crippen molar-refractivity contribution in [3.63, 3.8) is 0 Å². The zero-order valence-electron chi connectivity index (χ0n) is 50.1. The molecule has 0 rings (SSSR count). The molecule has 0 aromatic carbocycles. The third kappa shape index (κ3) is 121. The Hall–Kier alpha value is -0.780. The van der Waals surface area contributed by atoms with E-state index in [0.29, 0.717) is 0 Å². The van der Waals surface area contributed by atoms with Gasteiger partial charge in [-0.25, -0.2) is 0 Å². The molecule has 0 aromatic heterocycles. The Kier molecular flexibility index (Phi) is 112. The molecule has 1 nitrogen and oxygen atoms in total. The van der Waals surface area contributed by atoms with Crippen LogP contribution in [0.25, 0.3) is 0 Å². The molecule has 0 fully saturated rings. The van der Waals surface area contributed by atoms with Crippen LogP contribution >= 0.6 is 0 Å². The topological polar surface area (TPSA) is 12.0 Å². The quantitative estimate of drug-likeness (QED) is 0.0375. The minimum absolute atomic E-state index is 0.974. The molecule has 0 spiro atoms. The van der Waals surface area contributed by atoms with Crippen molar-refractivity contribution in [2.75, 3.05) is 14.1 Å². The van der Waals surface area contributed by atoms with Crippen LogP contribution in [0.5, 0.6) is 0 Å². The molecule has 0 saturated heterocycles. The van der Waals surface area contributed by atoms with E-state index in [1.165, 1.54) is 262 Å². The van der Waals surface area contributed by atoms with Crippen molar-refractivity contribution < 1.29 is 0 Å². The molecule has 400 valence electrons. The van der Waals surface area contributed by atoms with Crippen molar-refractivity contribution in [1.82, 2.24) is 5.32 Å². The van der Waals surface area contributed by atoms with Crippen LogP contribution in [0.1, 0.15) is 361 Å². The summed E-state index contributed by atoms with van der Waals surface area (Å²) in [6.45, 7) is 43.1. The van der Waals surface area contributed by atoms with Gasteiger partial charge in [-0.15, -0.1) is 12.3 Å². The van der Waals surface area contributed by atoms with Gasteiger partial charge in [0.15, 0.2) is 0 Å². The van der Waals surface area contributed by atoms with Crippen molar-refractivity contribution >= 4 is 0 Å². The second kappa shape index (κ2) is 89.8. The summed E-state index contributed by atoms with van der Waals surface area (Å²) >= 11 is 0. The van der Waals surface area contributed by atoms with Gasteiger partial charge in [0.2, 0.25) is 0 Å². The predicted molar refractivity (Wildman–Crippen MR) is 315 cm³/mol. The molecule has 1 heteroatoms. The zero-order chi connectivity index (χ0) is 51.3. The molecule has 0 amide bonds. The molecule has 0 bridgehead atoms. The van der Waals surface area contributed by atoms with Gasteiger partial charge in [0.25, 0.3) is 0 Å². The van der Waals surface area contributed by atoms with E-state index in [4.69, 9.17) is 0 Å². The molecule has 0 aliphatic heterocycles. The molecule has 65 heavy (non-hydrogen) atoms. The first-order chi connectivity index (χ1) is 31.4. The molecule has 1 atom stereocenters. The van der Waals surface area contributed by atoms with E-state index in [1.807, 2.05) is 14.1 Å². The second-order valence-electron chi connectivity index (χ2n) is 19.6. The molecule has 1 N–H and O–H groups in total. The average Bonchev–Trinajstić information content (AvgIpc) is 3.31. The fraction of sp³-hybridized carbons (Fsp3) is 0.922. The summed E-state index contributed by atoms with van der Waals surface area (Å²) in [4.78, 5) is 0. The molecular formula is C64H139N. The van der Waals surface area contributed by atoms with E-state index in [1.54, 1.807) is 0 Å². The predicted octanol–water partition coefficient (Wildman–Crippen LogP) is 24.8. The summed E-state index contributed by atoms with van der Waals surface area (Å²) in [5, 5.41) is 2.75. The summed E-state index contributed by atoms with van der Waals surface area (Å²) in [6, 6.07) is 0. The maximum absolute atomic E-state index is 3.85. The maximum atomic E-state index is 3.85. The summed E-state index contributed by atoms with van der Waals surface area (Å²) < 4.78 is 0. The average molecular weight is 923 g/mol. The first kappa shape index (κ1) is 81.2. The van der Waals surface area contributed by atoms with Crippen LogP contribution in [0, 0.1) is 11.8 Å². The van der Waals surface area contributed by atoms with Crippen LogP contribution in [0.15, 0.2) is 30.0 Å². The first-order valence-electron chi connectivity index (χ1n) is 30.0. The number of hydrogen-bond donors (Lipinski definition) is 1. The lowest BCUT2D eigenvalue weighted by molar-refractivity contribution is 0.408. The lowest BCUT2D eigenvalue weighted by Gasteiger charge is -2.12. The Morgan fingerprint density at radius 2 is 0.662 bits per heavy atom. The molecule has 0 aromatic rings. The van der Waals surface area contributed by atoms with Gasteiger partial charge in [-0.1, -0.05) is 334 Å². The van der Waals surface area contributed by atoms with E-state index in [0.717, 1.165) is 11.8 Å². The van der Waals surface area contributed by atoms with Crippen LogP contribution < -0.4 is 5.32 Å². The van der Waals surface area contributed by atoms with E-state index >= 15 is 0 Å². The van der Waals surface area contributed by atoms with Crippen LogP contribution in [0.2, 0.25) is 0 Å². The van der Waals surface area contributed by atoms with Gasteiger partial charge in [0, 0.05) is 0 Å². The standard InChI is InChI=1S/C18H38.C14H30.C10H18.C9H18.2C4H10.C3H8.C2H7N/c1-4-6-8-10-12-14-16-18(3)17-15-13-11-9-7-5-2;1-4-7-8-9-10-11-13-14(6-3)12-5-2;1-4-6-7-8-9-10(3)5-2;1-4-5-6-7-8-9(2)3;2*1-3-4-2;2*1-3-2/h18H,4-17H2,1-3H3;14H,4-13H2,1-3H3;2,4,6-9H2,1,3H3;2,4-8H2,1,3H3;2*3-4H2,1-2H3;3H2,1-2H3;3H,1-2H3. The van der Waals surface area contributed by atoms with Crippen LogP contribution in [0.3, 0.4) is 0 Å². The van der Waals surface area contributed by atoms with E-state index < -0.39 is 0 Å². The molecule has 0 saturated carbocycles. The number of unbranched alkanes of at least 4 members (excludes halogenated alkanes) is 23. The van der Waals surface area contributed by atoms with Crippen LogP contribution in [0.4, 0.5) is 0 Å². The van der Waals surface area contributed by atoms with Gasteiger partial charge in [0.05, 0.1) is 0 Å². The molecule has 0 heterocycles. The van der Waals surface area contributed by atoms with E-state index in [2.05, 4.69) is 135 Å². The highest BCUT2D eigenvalue weighted by atomic mass is 14.7. The second-order valence-corrected chi connectivity index (χ2v) is 19.6. The summed E-state index contributed by atoms with van der Waals surface area (Å²) in [5.41, 5.74) is 5.54. The Morgan fingerprint density at radius 1 is 0.385 bits per heavy atom. The number of rotatable bonds is 36. The fourth-order valence-electron chi connectivity index (χ4n) is 6.62.